The van der Waals surface area contributed by atoms with E-state index in [4.69, 9.17) is 11.6 Å². The second-order valence-corrected chi connectivity index (χ2v) is 8.94. The number of anilines is 1. The quantitative estimate of drug-likeness (QED) is 0.672. The Labute approximate surface area is 164 Å². The number of thiophene rings is 1. The van der Waals surface area contributed by atoms with Gasteiger partial charge in [-0.15, -0.1) is 11.3 Å². The predicted octanol–water partition coefficient (Wildman–Crippen LogP) is 2.12. The smallest absolute Gasteiger partial charge is 0.280 e. The van der Waals surface area contributed by atoms with Gasteiger partial charge in [0, 0.05) is 17.1 Å². The first-order valence-electron chi connectivity index (χ1n) is 8.01. The second-order valence-electron chi connectivity index (χ2n) is 5.89. The van der Waals surface area contributed by atoms with Crippen LogP contribution in [0.3, 0.4) is 0 Å². The summed E-state index contributed by atoms with van der Waals surface area (Å²) in [6.07, 6.45) is 0.181. The predicted molar refractivity (Wildman–Crippen MR) is 101 cm³/mol. The van der Waals surface area contributed by atoms with Crippen molar-refractivity contribution in [3.05, 3.63) is 51.4 Å². The van der Waals surface area contributed by atoms with E-state index in [0.29, 0.717) is 0 Å². The summed E-state index contributed by atoms with van der Waals surface area (Å²) in [6.45, 7) is -0.661. The summed E-state index contributed by atoms with van der Waals surface area (Å²) in [7, 11) is -3.98. The number of aliphatic hydroxyl groups excluding tert-OH is 1. The van der Waals surface area contributed by atoms with Crippen LogP contribution in [0.25, 0.3) is 0 Å². The maximum absolute atomic E-state index is 13.3. The Balaban J connectivity index is 1.87. The molecule has 1 aromatic carbocycles. The summed E-state index contributed by atoms with van der Waals surface area (Å²) in [5.74, 6) is -1.21. The van der Waals surface area contributed by atoms with Gasteiger partial charge >= 0.3 is 0 Å². The Morgan fingerprint density at radius 3 is 2.85 bits per heavy atom. The van der Waals surface area contributed by atoms with E-state index in [1.807, 2.05) is 5.38 Å². The van der Waals surface area contributed by atoms with Gasteiger partial charge in [0.25, 0.3) is 10.2 Å². The standard InChI is InChI=1S/C16H17ClFN3O4S2/c17-11-8-10(3-4-12(11)18)19-16(23)14-9-13(15-2-1-7-26-15)20-27(24,25)21(14)5-6-22/h1-4,7-8,13-14,20,22H,5-6,9H2,(H,19,23). The number of benzene rings is 1. The van der Waals surface area contributed by atoms with Gasteiger partial charge in [-0.2, -0.15) is 17.4 Å². The van der Waals surface area contributed by atoms with Gasteiger partial charge in [0.15, 0.2) is 0 Å². The SMILES string of the molecule is O=C(Nc1ccc(F)c(Cl)c1)C1CC(c2cccs2)NS(=O)(=O)N1CCO. The summed E-state index contributed by atoms with van der Waals surface area (Å²) in [5.41, 5.74) is 0.249. The molecule has 27 heavy (non-hydrogen) atoms. The molecular weight excluding hydrogens is 417 g/mol. The molecule has 0 bridgehead atoms. The number of halogens is 2. The fourth-order valence-electron chi connectivity index (χ4n) is 2.88. The van der Waals surface area contributed by atoms with Crippen LogP contribution in [0.5, 0.6) is 0 Å². The van der Waals surface area contributed by atoms with Crippen LogP contribution in [0.15, 0.2) is 35.7 Å². The van der Waals surface area contributed by atoms with E-state index in [9.17, 15) is 22.7 Å². The highest BCUT2D eigenvalue weighted by Gasteiger charge is 2.42. The zero-order valence-corrected chi connectivity index (χ0v) is 16.3. The van der Waals surface area contributed by atoms with Gasteiger partial charge < -0.3 is 10.4 Å². The number of nitrogens with zero attached hydrogens (tertiary/aromatic N) is 1. The average Bonchev–Trinajstić information content (AvgIpc) is 3.14. The molecule has 1 aromatic heterocycles. The molecule has 2 unspecified atom stereocenters. The first-order valence-corrected chi connectivity index (χ1v) is 10.7. The maximum Gasteiger partial charge on any atom is 0.280 e. The van der Waals surface area contributed by atoms with Crippen molar-refractivity contribution in [3.63, 3.8) is 0 Å². The lowest BCUT2D eigenvalue weighted by molar-refractivity contribution is -0.120. The Bertz CT molecular complexity index is 924. The number of β-amino-alcohol motifs (C(OH)–C–C–N with tert-alkyl or cyclic N) is 1. The van der Waals surface area contributed by atoms with Gasteiger partial charge in [-0.05, 0) is 36.1 Å². The van der Waals surface area contributed by atoms with Gasteiger partial charge in [0.1, 0.15) is 11.9 Å². The third-order valence-electron chi connectivity index (χ3n) is 4.10. The Hall–Kier alpha value is -1.56. The summed E-state index contributed by atoms with van der Waals surface area (Å²) >= 11 is 7.10. The van der Waals surface area contributed by atoms with E-state index in [0.717, 1.165) is 15.2 Å². The van der Waals surface area contributed by atoms with E-state index in [-0.39, 0.29) is 23.7 Å². The van der Waals surface area contributed by atoms with Crippen LogP contribution in [-0.4, -0.2) is 42.9 Å². The second kappa shape index (κ2) is 8.21. The summed E-state index contributed by atoms with van der Waals surface area (Å²) in [4.78, 5) is 13.6. The molecule has 1 amide bonds. The van der Waals surface area contributed by atoms with Crippen molar-refractivity contribution >= 4 is 44.7 Å². The van der Waals surface area contributed by atoms with Crippen LogP contribution >= 0.6 is 22.9 Å². The van der Waals surface area contributed by atoms with E-state index in [1.165, 1.54) is 23.5 Å². The molecule has 0 saturated carbocycles. The molecule has 0 aliphatic carbocycles. The first-order chi connectivity index (χ1) is 12.8. The Morgan fingerprint density at radius 2 is 2.22 bits per heavy atom. The number of carbonyl (C=O) groups excluding carboxylic acids is 1. The van der Waals surface area contributed by atoms with E-state index in [1.54, 1.807) is 12.1 Å². The van der Waals surface area contributed by atoms with Crippen molar-refractivity contribution in [2.24, 2.45) is 0 Å². The third kappa shape index (κ3) is 4.48. The number of rotatable bonds is 5. The number of carbonyl (C=O) groups is 1. The molecule has 7 nitrogen and oxygen atoms in total. The number of hydrogen-bond donors (Lipinski definition) is 3. The monoisotopic (exact) mass is 433 g/mol. The minimum atomic E-state index is -3.98. The highest BCUT2D eigenvalue weighted by Crippen LogP contribution is 2.31. The van der Waals surface area contributed by atoms with E-state index < -0.39 is 40.6 Å². The molecule has 1 saturated heterocycles. The number of aliphatic hydroxyl groups is 1. The molecule has 11 heteroatoms. The molecule has 1 aliphatic rings. The number of hydrogen-bond acceptors (Lipinski definition) is 5. The molecule has 146 valence electrons. The molecule has 3 N–H and O–H groups in total. The van der Waals surface area contributed by atoms with Gasteiger partial charge in [0.2, 0.25) is 5.91 Å². The van der Waals surface area contributed by atoms with Crippen LogP contribution in [0.1, 0.15) is 17.3 Å². The Morgan fingerprint density at radius 1 is 1.44 bits per heavy atom. The van der Waals surface area contributed by atoms with E-state index >= 15 is 0 Å². The average molecular weight is 434 g/mol. The molecular formula is C16H17ClFN3O4S2. The fourth-order valence-corrected chi connectivity index (χ4v) is 5.48. The van der Waals surface area contributed by atoms with E-state index in [2.05, 4.69) is 10.0 Å². The largest absolute Gasteiger partial charge is 0.395 e. The van der Waals surface area contributed by atoms with Crippen molar-refractivity contribution in [1.29, 1.82) is 0 Å². The topological polar surface area (TPSA) is 98.7 Å². The van der Waals surface area contributed by atoms with Crippen LogP contribution in [0, 0.1) is 5.82 Å². The van der Waals surface area contributed by atoms with Crippen LogP contribution < -0.4 is 10.0 Å². The molecule has 0 radical (unpaired) electrons. The molecule has 1 fully saturated rings. The Kier molecular flexibility index (Phi) is 6.14. The zero-order chi connectivity index (χ0) is 19.6. The lowest BCUT2D eigenvalue weighted by Gasteiger charge is -2.37. The molecule has 1 aliphatic heterocycles. The molecule has 2 aromatic rings. The number of nitrogens with one attached hydrogen (secondary N) is 2. The normalized spacial score (nSPS) is 22.5. The van der Waals surface area contributed by atoms with Crippen molar-refractivity contribution in [2.45, 2.75) is 18.5 Å². The molecule has 2 heterocycles. The molecule has 3 rings (SSSR count). The minimum absolute atomic E-state index is 0.158. The van der Waals surface area contributed by atoms with Crippen LogP contribution in [-0.2, 0) is 15.0 Å². The summed E-state index contributed by atoms with van der Waals surface area (Å²) in [5, 5.41) is 13.5. The van der Waals surface area contributed by atoms with Gasteiger partial charge in [-0.1, -0.05) is 17.7 Å². The van der Waals surface area contributed by atoms with Gasteiger partial charge in [-0.25, -0.2) is 4.39 Å². The van der Waals surface area contributed by atoms with Gasteiger partial charge in [-0.3, -0.25) is 4.79 Å². The maximum atomic E-state index is 13.3. The third-order valence-corrected chi connectivity index (χ3v) is 7.02. The lowest BCUT2D eigenvalue weighted by atomic mass is 10.0. The van der Waals surface area contributed by atoms with Crippen LogP contribution in [0.4, 0.5) is 10.1 Å². The summed E-state index contributed by atoms with van der Waals surface area (Å²) in [6, 6.07) is 5.67. The van der Waals surface area contributed by atoms with Crippen molar-refractivity contribution < 1.29 is 22.7 Å². The zero-order valence-electron chi connectivity index (χ0n) is 13.9. The minimum Gasteiger partial charge on any atom is -0.395 e. The summed E-state index contributed by atoms with van der Waals surface area (Å²) < 4.78 is 42.0. The first kappa shape index (κ1) is 20.2. The van der Waals surface area contributed by atoms with Crippen molar-refractivity contribution in [2.75, 3.05) is 18.5 Å². The molecule has 0 spiro atoms. The lowest BCUT2D eigenvalue weighted by Crippen LogP contribution is -2.58. The molecule has 2 atom stereocenters. The number of amides is 1. The highest BCUT2D eigenvalue weighted by molar-refractivity contribution is 7.87. The van der Waals surface area contributed by atoms with Gasteiger partial charge in [0.05, 0.1) is 17.7 Å². The van der Waals surface area contributed by atoms with Crippen LogP contribution in [0.2, 0.25) is 5.02 Å². The highest BCUT2D eigenvalue weighted by atomic mass is 35.5. The fraction of sp³-hybridized carbons (Fsp3) is 0.312. The van der Waals surface area contributed by atoms with Crippen molar-refractivity contribution in [1.82, 2.24) is 9.03 Å². The van der Waals surface area contributed by atoms with Crippen molar-refractivity contribution in [3.8, 4) is 0 Å².